The molecule has 19 heavy (non-hydrogen) atoms. The average Bonchev–Trinajstić information content (AvgIpc) is 2.45. The Morgan fingerprint density at radius 2 is 2.05 bits per heavy atom. The Bertz CT molecular complexity index is 287. The summed E-state index contributed by atoms with van der Waals surface area (Å²) in [5.74, 6) is 1.35. The topological polar surface area (TPSA) is 15.7 Å². The van der Waals surface area contributed by atoms with E-state index in [1.807, 2.05) is 0 Å². The van der Waals surface area contributed by atoms with Gasteiger partial charge >= 0.3 is 0 Å². The Labute approximate surface area is 122 Å². The molecule has 0 unspecified atom stereocenters. The summed E-state index contributed by atoms with van der Waals surface area (Å²) < 4.78 is 5.63. The molecule has 0 aromatic rings. The molecule has 0 bridgehead atoms. The van der Waals surface area contributed by atoms with Crippen molar-refractivity contribution in [2.24, 2.45) is 0 Å². The largest absolute Gasteiger partial charge is 0.376 e. The number of rotatable bonds is 3. The number of thioether (sulfide) groups is 1. The van der Waals surface area contributed by atoms with Gasteiger partial charge in [-0.3, -0.25) is 9.80 Å². The van der Waals surface area contributed by atoms with Crippen LogP contribution in [0.2, 0.25) is 0 Å². The van der Waals surface area contributed by atoms with E-state index < -0.39 is 0 Å². The fourth-order valence-electron chi connectivity index (χ4n) is 3.82. The van der Waals surface area contributed by atoms with Crippen LogP contribution in [0.4, 0.5) is 0 Å². The van der Waals surface area contributed by atoms with Gasteiger partial charge in [-0.2, -0.15) is 11.8 Å². The lowest BCUT2D eigenvalue weighted by atomic mass is 9.93. The van der Waals surface area contributed by atoms with Gasteiger partial charge in [0, 0.05) is 49.8 Å². The molecule has 1 saturated carbocycles. The minimum absolute atomic E-state index is 0.424. The first-order chi connectivity index (χ1) is 9.33. The zero-order chi connectivity index (χ0) is 13.1. The van der Waals surface area contributed by atoms with Crippen molar-refractivity contribution in [3.63, 3.8) is 0 Å². The Morgan fingerprint density at radius 3 is 2.95 bits per heavy atom. The monoisotopic (exact) mass is 284 g/mol. The highest BCUT2D eigenvalue weighted by atomic mass is 32.2. The van der Waals surface area contributed by atoms with Crippen LogP contribution in [0.3, 0.4) is 0 Å². The molecule has 4 heteroatoms. The maximum absolute atomic E-state index is 5.63. The van der Waals surface area contributed by atoms with Crippen LogP contribution >= 0.6 is 11.8 Å². The van der Waals surface area contributed by atoms with Crippen LogP contribution in [0.15, 0.2) is 0 Å². The van der Waals surface area contributed by atoms with Crippen molar-refractivity contribution >= 4 is 11.8 Å². The third kappa shape index (κ3) is 3.66. The van der Waals surface area contributed by atoms with Crippen LogP contribution in [0, 0.1) is 0 Å². The first-order valence-electron chi connectivity index (χ1n) is 8.02. The van der Waals surface area contributed by atoms with Crippen LogP contribution in [-0.4, -0.2) is 72.3 Å². The first kappa shape index (κ1) is 14.2. The van der Waals surface area contributed by atoms with Crippen molar-refractivity contribution in [2.75, 3.05) is 45.1 Å². The fourth-order valence-corrected chi connectivity index (χ4v) is 5.32. The zero-order valence-electron chi connectivity index (χ0n) is 12.2. The van der Waals surface area contributed by atoms with Crippen molar-refractivity contribution < 1.29 is 4.74 Å². The van der Waals surface area contributed by atoms with Crippen molar-refractivity contribution in [3.8, 4) is 0 Å². The van der Waals surface area contributed by atoms with E-state index in [1.54, 1.807) is 0 Å². The lowest BCUT2D eigenvalue weighted by molar-refractivity contribution is -0.0221. The molecule has 2 saturated heterocycles. The number of hydrogen-bond acceptors (Lipinski definition) is 4. The third-order valence-electron chi connectivity index (χ3n) is 4.88. The van der Waals surface area contributed by atoms with Crippen LogP contribution in [0.5, 0.6) is 0 Å². The highest BCUT2D eigenvalue weighted by molar-refractivity contribution is 8.00. The molecule has 3 nitrogen and oxygen atoms in total. The van der Waals surface area contributed by atoms with Crippen molar-refractivity contribution in [3.05, 3.63) is 0 Å². The lowest BCUT2D eigenvalue weighted by Gasteiger charge is -2.44. The second-order valence-corrected chi connectivity index (χ2v) is 7.63. The predicted molar refractivity (Wildman–Crippen MR) is 81.9 cm³/mol. The van der Waals surface area contributed by atoms with Gasteiger partial charge in [-0.05, 0) is 19.8 Å². The molecule has 0 aromatic heterocycles. The third-order valence-corrected chi connectivity index (χ3v) is 6.27. The van der Waals surface area contributed by atoms with Gasteiger partial charge < -0.3 is 4.74 Å². The summed E-state index contributed by atoms with van der Waals surface area (Å²) in [7, 11) is 0. The van der Waals surface area contributed by atoms with Gasteiger partial charge in [0.25, 0.3) is 0 Å². The maximum Gasteiger partial charge on any atom is 0.0674 e. The molecule has 0 radical (unpaired) electrons. The molecule has 3 aliphatic rings. The number of ether oxygens (including phenoxy) is 1. The van der Waals surface area contributed by atoms with E-state index in [2.05, 4.69) is 28.5 Å². The van der Waals surface area contributed by atoms with E-state index in [-0.39, 0.29) is 0 Å². The van der Waals surface area contributed by atoms with Crippen molar-refractivity contribution in [1.82, 2.24) is 9.80 Å². The van der Waals surface area contributed by atoms with Crippen LogP contribution in [0.25, 0.3) is 0 Å². The first-order valence-corrected chi connectivity index (χ1v) is 9.07. The molecular weight excluding hydrogens is 256 g/mol. The van der Waals surface area contributed by atoms with Gasteiger partial charge in [-0.25, -0.2) is 0 Å². The number of fused-ring (bicyclic) bond motifs is 1. The number of nitrogens with zero attached hydrogens (tertiary/aromatic N) is 2. The Morgan fingerprint density at radius 1 is 1.16 bits per heavy atom. The SMILES string of the molecule is C[C@@H]1CN(CCN2CCS[C@H]3CCCC[C@@H]32)CCO1. The molecular formula is C15H28N2OS. The summed E-state index contributed by atoms with van der Waals surface area (Å²) in [5.41, 5.74) is 0. The highest BCUT2D eigenvalue weighted by Crippen LogP contribution is 2.35. The van der Waals surface area contributed by atoms with Gasteiger partial charge in [0.1, 0.15) is 0 Å². The lowest BCUT2D eigenvalue weighted by Crippen LogP contribution is -2.52. The van der Waals surface area contributed by atoms with Gasteiger partial charge in [-0.1, -0.05) is 12.8 Å². The summed E-state index contributed by atoms with van der Waals surface area (Å²) in [4.78, 5) is 5.38. The molecule has 3 rings (SSSR count). The van der Waals surface area contributed by atoms with Crippen LogP contribution < -0.4 is 0 Å². The Kier molecular flexibility index (Phi) is 5.07. The highest BCUT2D eigenvalue weighted by Gasteiger charge is 2.33. The van der Waals surface area contributed by atoms with Gasteiger partial charge in [-0.15, -0.1) is 0 Å². The smallest absolute Gasteiger partial charge is 0.0674 e. The predicted octanol–water partition coefficient (Wildman–Crippen LogP) is 2.07. The summed E-state index contributed by atoms with van der Waals surface area (Å²) in [6, 6.07) is 0.881. The van der Waals surface area contributed by atoms with Gasteiger partial charge in [0.05, 0.1) is 12.7 Å². The van der Waals surface area contributed by atoms with Crippen LogP contribution in [-0.2, 0) is 4.74 Å². The molecule has 2 aliphatic heterocycles. The molecule has 3 atom stereocenters. The van der Waals surface area contributed by atoms with E-state index >= 15 is 0 Å². The summed E-state index contributed by atoms with van der Waals surface area (Å²) in [6.45, 7) is 9.18. The summed E-state index contributed by atoms with van der Waals surface area (Å²) in [6.07, 6.45) is 6.24. The van der Waals surface area contributed by atoms with E-state index in [1.165, 1.54) is 51.1 Å². The van der Waals surface area contributed by atoms with Gasteiger partial charge in [0.15, 0.2) is 0 Å². The van der Waals surface area contributed by atoms with E-state index in [9.17, 15) is 0 Å². The van der Waals surface area contributed by atoms with E-state index in [0.717, 1.165) is 31.0 Å². The normalized spacial score (nSPS) is 38.1. The van der Waals surface area contributed by atoms with Gasteiger partial charge in [0.2, 0.25) is 0 Å². The number of morpholine rings is 1. The molecule has 0 N–H and O–H groups in total. The fraction of sp³-hybridized carbons (Fsp3) is 1.00. The standard InChI is InChI=1S/C15H28N2OS/c1-13-12-16(8-10-18-13)6-7-17-9-11-19-15-5-3-2-4-14(15)17/h13-15H,2-12H2,1H3/t13-,14+,15+/m1/s1. The minimum atomic E-state index is 0.424. The molecule has 2 heterocycles. The maximum atomic E-state index is 5.63. The second kappa shape index (κ2) is 6.79. The molecule has 1 aliphatic carbocycles. The Hall–Kier alpha value is 0.230. The molecule has 3 fully saturated rings. The van der Waals surface area contributed by atoms with E-state index in [0.29, 0.717) is 6.10 Å². The molecule has 0 amide bonds. The molecule has 0 spiro atoms. The Balaban J connectivity index is 1.48. The summed E-state index contributed by atoms with van der Waals surface area (Å²) >= 11 is 2.24. The zero-order valence-corrected chi connectivity index (χ0v) is 13.0. The van der Waals surface area contributed by atoms with Crippen molar-refractivity contribution in [2.45, 2.75) is 50.0 Å². The number of hydrogen-bond donors (Lipinski definition) is 0. The minimum Gasteiger partial charge on any atom is -0.376 e. The average molecular weight is 284 g/mol. The second-order valence-electron chi connectivity index (χ2n) is 6.28. The molecule has 110 valence electrons. The quantitative estimate of drug-likeness (QED) is 0.788. The van der Waals surface area contributed by atoms with Crippen LogP contribution in [0.1, 0.15) is 32.6 Å². The van der Waals surface area contributed by atoms with E-state index in [4.69, 9.17) is 4.74 Å². The summed E-state index contributed by atoms with van der Waals surface area (Å²) in [5, 5.41) is 0.936. The molecule has 0 aromatic carbocycles. The van der Waals surface area contributed by atoms with Crippen molar-refractivity contribution in [1.29, 1.82) is 0 Å².